The molecule has 5 nitrogen and oxygen atoms in total. The summed E-state index contributed by atoms with van der Waals surface area (Å²) < 4.78 is 5.67. The van der Waals surface area contributed by atoms with Crippen molar-refractivity contribution in [2.45, 2.75) is 19.8 Å². The van der Waals surface area contributed by atoms with E-state index in [9.17, 15) is 4.79 Å². The van der Waals surface area contributed by atoms with Crippen LogP contribution in [0.15, 0.2) is 35.1 Å². The number of para-hydroxylation sites is 1. The van der Waals surface area contributed by atoms with Crippen molar-refractivity contribution in [1.82, 2.24) is 10.2 Å². The summed E-state index contributed by atoms with van der Waals surface area (Å²) in [5.74, 6) is 0.719. The Bertz CT molecular complexity index is 686. The highest BCUT2D eigenvalue weighted by Gasteiger charge is 2.10. The molecule has 1 N–H and O–H groups in total. The fourth-order valence-corrected chi connectivity index (χ4v) is 1.82. The maximum absolute atomic E-state index is 11.5. The molecule has 0 aliphatic heterocycles. The summed E-state index contributed by atoms with van der Waals surface area (Å²) in [6.45, 7) is 2.65. The number of aromatic amines is 1. The molecule has 0 atom stereocenters. The van der Waals surface area contributed by atoms with Gasteiger partial charge in [-0.1, -0.05) is 19.1 Å². The maximum atomic E-state index is 11.5. The molecule has 0 amide bonds. The van der Waals surface area contributed by atoms with E-state index in [0.717, 1.165) is 17.7 Å². The molecule has 0 unspecified atom stereocenters. The number of nitrogens with one attached hydrogen (secondary N) is 1. The summed E-state index contributed by atoms with van der Waals surface area (Å²) in [4.78, 5) is 11.5. The molecule has 0 aliphatic rings. The summed E-state index contributed by atoms with van der Waals surface area (Å²) in [6.07, 6.45) is 0.968. The van der Waals surface area contributed by atoms with Crippen LogP contribution in [-0.4, -0.2) is 16.8 Å². The lowest BCUT2D eigenvalue weighted by Crippen LogP contribution is -2.14. The van der Waals surface area contributed by atoms with Gasteiger partial charge in [0.25, 0.3) is 5.56 Å². The Morgan fingerprint density at radius 2 is 2.20 bits per heavy atom. The molecule has 2 rings (SSSR count). The van der Waals surface area contributed by atoms with Crippen LogP contribution < -0.4 is 10.3 Å². The Hall–Kier alpha value is -2.61. The second-order valence-corrected chi connectivity index (χ2v) is 4.29. The van der Waals surface area contributed by atoms with E-state index < -0.39 is 0 Å². The van der Waals surface area contributed by atoms with Crippen molar-refractivity contribution < 1.29 is 4.74 Å². The number of benzene rings is 1. The number of aromatic nitrogens is 2. The summed E-state index contributed by atoms with van der Waals surface area (Å²) in [7, 11) is 0. The van der Waals surface area contributed by atoms with Crippen LogP contribution in [0.5, 0.6) is 5.75 Å². The molecule has 0 saturated carbocycles. The van der Waals surface area contributed by atoms with Crippen molar-refractivity contribution in [2.75, 3.05) is 6.61 Å². The SMILES string of the molecule is CCCOc1ccccc1-c1cc(CC#N)c(=O)[nH]n1. The Morgan fingerprint density at radius 1 is 1.40 bits per heavy atom. The van der Waals surface area contributed by atoms with Gasteiger partial charge < -0.3 is 4.74 Å². The van der Waals surface area contributed by atoms with Crippen molar-refractivity contribution in [3.05, 3.63) is 46.2 Å². The van der Waals surface area contributed by atoms with E-state index in [1.165, 1.54) is 0 Å². The maximum Gasteiger partial charge on any atom is 0.268 e. The van der Waals surface area contributed by atoms with E-state index in [1.54, 1.807) is 6.07 Å². The first-order chi connectivity index (χ1) is 9.76. The number of nitrogens with zero attached hydrogens (tertiary/aromatic N) is 2. The third kappa shape index (κ3) is 3.04. The normalized spacial score (nSPS) is 10.0. The predicted molar refractivity (Wildman–Crippen MR) is 75.4 cm³/mol. The van der Waals surface area contributed by atoms with Gasteiger partial charge in [-0.15, -0.1) is 0 Å². The molecule has 0 saturated heterocycles. The molecule has 1 aromatic heterocycles. The van der Waals surface area contributed by atoms with Crippen LogP contribution in [0.25, 0.3) is 11.3 Å². The molecule has 1 aromatic carbocycles. The molecule has 0 fully saturated rings. The minimum atomic E-state index is -0.331. The van der Waals surface area contributed by atoms with E-state index in [0.29, 0.717) is 17.9 Å². The Kier molecular flexibility index (Phi) is 4.51. The van der Waals surface area contributed by atoms with E-state index in [4.69, 9.17) is 10.00 Å². The van der Waals surface area contributed by atoms with Gasteiger partial charge >= 0.3 is 0 Å². The lowest BCUT2D eigenvalue weighted by molar-refractivity contribution is 0.318. The number of nitriles is 1. The average Bonchev–Trinajstić information content (AvgIpc) is 2.48. The molecule has 102 valence electrons. The summed E-state index contributed by atoms with van der Waals surface area (Å²) >= 11 is 0. The number of hydrogen-bond acceptors (Lipinski definition) is 4. The van der Waals surface area contributed by atoms with Gasteiger partial charge in [-0.25, -0.2) is 5.10 Å². The van der Waals surface area contributed by atoms with Gasteiger partial charge in [-0.2, -0.15) is 10.4 Å². The first-order valence-corrected chi connectivity index (χ1v) is 6.44. The van der Waals surface area contributed by atoms with Gasteiger partial charge in [0.05, 0.1) is 24.8 Å². The smallest absolute Gasteiger partial charge is 0.268 e. The standard InChI is InChI=1S/C15H15N3O2/c1-2-9-20-14-6-4-3-5-12(14)13-10-11(7-8-16)15(19)18-17-13/h3-6,10H,2,7,9H2,1H3,(H,18,19). The Morgan fingerprint density at radius 3 is 2.95 bits per heavy atom. The molecule has 1 heterocycles. The zero-order valence-electron chi connectivity index (χ0n) is 11.2. The van der Waals surface area contributed by atoms with Crippen LogP contribution in [0.1, 0.15) is 18.9 Å². The van der Waals surface area contributed by atoms with Crippen LogP contribution >= 0.6 is 0 Å². The molecule has 2 aromatic rings. The predicted octanol–water partition coefficient (Wildman–Crippen LogP) is 2.29. The topological polar surface area (TPSA) is 78.8 Å². The van der Waals surface area contributed by atoms with Crippen molar-refractivity contribution >= 4 is 0 Å². The van der Waals surface area contributed by atoms with Gasteiger partial charge in [0.15, 0.2) is 0 Å². The fraction of sp³-hybridized carbons (Fsp3) is 0.267. The molecule has 0 aliphatic carbocycles. The molecule has 0 spiro atoms. The quantitative estimate of drug-likeness (QED) is 0.903. The number of H-pyrrole nitrogens is 1. The highest BCUT2D eigenvalue weighted by molar-refractivity contribution is 5.67. The Labute approximate surface area is 116 Å². The molecule has 0 radical (unpaired) electrons. The van der Waals surface area contributed by atoms with E-state index in [1.807, 2.05) is 37.3 Å². The highest BCUT2D eigenvalue weighted by atomic mass is 16.5. The van der Waals surface area contributed by atoms with Crippen LogP contribution in [0.2, 0.25) is 0 Å². The van der Waals surface area contributed by atoms with Crippen LogP contribution in [-0.2, 0) is 6.42 Å². The molecular weight excluding hydrogens is 254 g/mol. The van der Waals surface area contributed by atoms with Crippen molar-refractivity contribution in [2.24, 2.45) is 0 Å². The van der Waals surface area contributed by atoms with E-state index in [2.05, 4.69) is 10.2 Å². The average molecular weight is 269 g/mol. The summed E-state index contributed by atoms with van der Waals surface area (Å²) in [5, 5.41) is 15.2. The third-order valence-electron chi connectivity index (χ3n) is 2.77. The van der Waals surface area contributed by atoms with Crippen molar-refractivity contribution in [3.8, 4) is 23.1 Å². The molecule has 5 heteroatoms. The molecule has 20 heavy (non-hydrogen) atoms. The Balaban J connectivity index is 2.44. The van der Waals surface area contributed by atoms with Gasteiger partial charge in [0, 0.05) is 11.1 Å². The van der Waals surface area contributed by atoms with Crippen molar-refractivity contribution in [1.29, 1.82) is 5.26 Å². The van der Waals surface area contributed by atoms with Crippen LogP contribution in [0.3, 0.4) is 0 Å². The number of ether oxygens (including phenoxy) is 1. The number of rotatable bonds is 5. The van der Waals surface area contributed by atoms with E-state index in [-0.39, 0.29) is 12.0 Å². The zero-order chi connectivity index (χ0) is 14.4. The second kappa shape index (κ2) is 6.53. The van der Waals surface area contributed by atoms with E-state index >= 15 is 0 Å². The van der Waals surface area contributed by atoms with Gasteiger partial charge in [-0.3, -0.25) is 4.79 Å². The highest BCUT2D eigenvalue weighted by Crippen LogP contribution is 2.28. The van der Waals surface area contributed by atoms with Crippen LogP contribution in [0.4, 0.5) is 0 Å². The lowest BCUT2D eigenvalue weighted by atomic mass is 10.1. The minimum absolute atomic E-state index is 0.0584. The van der Waals surface area contributed by atoms with Gasteiger partial charge in [0.2, 0.25) is 0 Å². The van der Waals surface area contributed by atoms with Crippen LogP contribution in [0, 0.1) is 11.3 Å². The number of hydrogen-bond donors (Lipinski definition) is 1. The fourth-order valence-electron chi connectivity index (χ4n) is 1.82. The van der Waals surface area contributed by atoms with Gasteiger partial charge in [0.1, 0.15) is 5.75 Å². The van der Waals surface area contributed by atoms with Crippen molar-refractivity contribution in [3.63, 3.8) is 0 Å². The summed E-state index contributed by atoms with van der Waals surface area (Å²) in [6, 6.07) is 11.1. The zero-order valence-corrected chi connectivity index (χ0v) is 11.2. The molecule has 0 bridgehead atoms. The second-order valence-electron chi connectivity index (χ2n) is 4.29. The first-order valence-electron chi connectivity index (χ1n) is 6.44. The monoisotopic (exact) mass is 269 g/mol. The largest absolute Gasteiger partial charge is 0.493 e. The lowest BCUT2D eigenvalue weighted by Gasteiger charge is -2.10. The third-order valence-corrected chi connectivity index (χ3v) is 2.77. The minimum Gasteiger partial charge on any atom is -0.493 e. The summed E-state index contributed by atoms with van der Waals surface area (Å²) in [5.41, 5.74) is 1.47. The first kappa shape index (κ1) is 13.8. The van der Waals surface area contributed by atoms with Gasteiger partial charge in [-0.05, 0) is 24.6 Å². The molecular formula is C15H15N3O2.